The van der Waals surface area contributed by atoms with Gasteiger partial charge in [-0.1, -0.05) is 18.2 Å². The highest BCUT2D eigenvalue weighted by atomic mass is 16.2. The molecule has 27 heavy (non-hydrogen) atoms. The second-order valence-electron chi connectivity index (χ2n) is 6.98. The first-order chi connectivity index (χ1) is 13.1. The minimum absolute atomic E-state index is 0.0216. The highest BCUT2D eigenvalue weighted by Crippen LogP contribution is 2.24. The van der Waals surface area contributed by atoms with Crippen LogP contribution in [0.25, 0.3) is 0 Å². The number of nitrogens with one attached hydrogen (secondary N) is 1. The molecule has 6 heteroatoms. The lowest BCUT2D eigenvalue weighted by Crippen LogP contribution is -2.45. The lowest BCUT2D eigenvalue weighted by atomic mass is 9.96. The number of aryl methyl sites for hydroxylation is 1. The molecule has 0 spiro atoms. The van der Waals surface area contributed by atoms with E-state index in [-0.39, 0.29) is 11.8 Å². The van der Waals surface area contributed by atoms with Crippen molar-refractivity contribution in [2.24, 2.45) is 5.92 Å². The number of benzene rings is 1. The Morgan fingerprint density at radius 1 is 1.22 bits per heavy atom. The third-order valence-electron chi connectivity index (χ3n) is 5.02. The minimum atomic E-state index is 0.0216. The van der Waals surface area contributed by atoms with E-state index in [0.717, 1.165) is 49.7 Å². The van der Waals surface area contributed by atoms with E-state index < -0.39 is 0 Å². The maximum Gasteiger partial charge on any atom is 0.227 e. The highest BCUT2D eigenvalue weighted by Gasteiger charge is 2.29. The predicted octanol–water partition coefficient (Wildman–Crippen LogP) is 3.61. The summed E-state index contributed by atoms with van der Waals surface area (Å²) in [7, 11) is 0. The van der Waals surface area contributed by atoms with E-state index in [1.54, 1.807) is 0 Å². The van der Waals surface area contributed by atoms with Crippen LogP contribution in [0.5, 0.6) is 0 Å². The summed E-state index contributed by atoms with van der Waals surface area (Å²) in [6.45, 7) is 9.14. The van der Waals surface area contributed by atoms with E-state index >= 15 is 0 Å². The summed E-state index contributed by atoms with van der Waals surface area (Å²) in [4.78, 5) is 26.2. The maximum absolute atomic E-state index is 12.8. The van der Waals surface area contributed by atoms with Gasteiger partial charge >= 0.3 is 0 Å². The smallest absolute Gasteiger partial charge is 0.227 e. The summed E-state index contributed by atoms with van der Waals surface area (Å²) in [5.74, 6) is 1.75. The molecule has 2 heterocycles. The predicted molar refractivity (Wildman–Crippen MR) is 109 cm³/mol. The summed E-state index contributed by atoms with van der Waals surface area (Å²) in [5.41, 5.74) is 1.91. The highest BCUT2D eigenvalue weighted by molar-refractivity contribution is 5.79. The van der Waals surface area contributed by atoms with Gasteiger partial charge in [-0.25, -0.2) is 4.98 Å². The molecule has 1 aromatic heterocycles. The standard InChI is InChI=1S/C21H29N5O/c1-4-25(5-2)20(27)17-10-9-13-26(15-17)21-22-16(3)14-19(24-21)23-18-11-7-6-8-12-18/h6-8,11-12,14,17H,4-5,9-10,13,15H2,1-3H3,(H,22,23,24). The van der Waals surface area contributed by atoms with Crippen molar-refractivity contribution in [3.8, 4) is 0 Å². The van der Waals surface area contributed by atoms with E-state index in [9.17, 15) is 4.79 Å². The number of hydrogen-bond acceptors (Lipinski definition) is 5. The average Bonchev–Trinajstić information content (AvgIpc) is 2.69. The number of carbonyl (C=O) groups is 1. The number of anilines is 3. The van der Waals surface area contributed by atoms with E-state index in [0.29, 0.717) is 12.5 Å². The molecule has 0 bridgehead atoms. The molecule has 1 amide bonds. The molecule has 0 saturated carbocycles. The minimum Gasteiger partial charge on any atom is -0.343 e. The fourth-order valence-corrected chi connectivity index (χ4v) is 3.58. The normalized spacial score (nSPS) is 16.9. The van der Waals surface area contributed by atoms with Crippen LogP contribution in [0.4, 0.5) is 17.5 Å². The Bertz CT molecular complexity index is 760. The zero-order chi connectivity index (χ0) is 19.2. The largest absolute Gasteiger partial charge is 0.343 e. The summed E-state index contributed by atoms with van der Waals surface area (Å²) < 4.78 is 0. The van der Waals surface area contributed by atoms with Gasteiger partial charge in [0.15, 0.2) is 0 Å². The number of carbonyl (C=O) groups excluding carboxylic acids is 1. The van der Waals surface area contributed by atoms with Crippen LogP contribution >= 0.6 is 0 Å². The monoisotopic (exact) mass is 367 g/mol. The SMILES string of the molecule is CCN(CC)C(=O)C1CCCN(c2nc(C)cc(Nc3ccccc3)n2)C1. The van der Waals surface area contributed by atoms with Crippen LogP contribution in [0, 0.1) is 12.8 Å². The van der Waals surface area contributed by atoms with Crippen molar-refractivity contribution in [2.45, 2.75) is 33.6 Å². The molecule has 1 fully saturated rings. The van der Waals surface area contributed by atoms with E-state index in [1.165, 1.54) is 0 Å². The Morgan fingerprint density at radius 3 is 2.67 bits per heavy atom. The lowest BCUT2D eigenvalue weighted by molar-refractivity contribution is -0.135. The number of nitrogens with zero attached hydrogens (tertiary/aromatic N) is 4. The van der Waals surface area contributed by atoms with Gasteiger partial charge < -0.3 is 15.1 Å². The number of amides is 1. The van der Waals surface area contributed by atoms with Gasteiger partial charge in [0, 0.05) is 43.6 Å². The second-order valence-corrected chi connectivity index (χ2v) is 6.98. The number of rotatable bonds is 6. The van der Waals surface area contributed by atoms with Crippen LogP contribution in [0.2, 0.25) is 0 Å². The molecule has 1 aliphatic heterocycles. The molecule has 1 unspecified atom stereocenters. The quantitative estimate of drug-likeness (QED) is 0.845. The number of para-hydroxylation sites is 1. The first kappa shape index (κ1) is 19.1. The van der Waals surface area contributed by atoms with Crippen LogP contribution in [0.3, 0.4) is 0 Å². The van der Waals surface area contributed by atoms with E-state index in [1.807, 2.05) is 62.1 Å². The van der Waals surface area contributed by atoms with E-state index in [2.05, 4.69) is 15.2 Å². The van der Waals surface area contributed by atoms with Crippen LogP contribution in [-0.2, 0) is 4.79 Å². The Balaban J connectivity index is 1.76. The molecular weight excluding hydrogens is 338 g/mol. The summed E-state index contributed by atoms with van der Waals surface area (Å²) in [6.07, 6.45) is 1.92. The Morgan fingerprint density at radius 2 is 1.96 bits per heavy atom. The molecular formula is C21H29N5O. The maximum atomic E-state index is 12.8. The van der Waals surface area contributed by atoms with Crippen LogP contribution < -0.4 is 10.2 Å². The molecule has 1 aromatic carbocycles. The second kappa shape index (κ2) is 8.84. The van der Waals surface area contributed by atoms with Gasteiger partial charge in [-0.3, -0.25) is 4.79 Å². The Labute approximate surface area is 161 Å². The topological polar surface area (TPSA) is 61.4 Å². The molecule has 6 nitrogen and oxygen atoms in total. The van der Waals surface area contributed by atoms with Gasteiger partial charge in [0.05, 0.1) is 5.92 Å². The van der Waals surface area contributed by atoms with Gasteiger partial charge in [-0.15, -0.1) is 0 Å². The van der Waals surface area contributed by atoms with Crippen molar-refractivity contribution in [1.82, 2.24) is 14.9 Å². The van der Waals surface area contributed by atoms with Crippen molar-refractivity contribution < 1.29 is 4.79 Å². The Kier molecular flexibility index (Phi) is 6.27. The first-order valence-electron chi connectivity index (χ1n) is 9.82. The van der Waals surface area contributed by atoms with E-state index in [4.69, 9.17) is 4.98 Å². The molecule has 1 atom stereocenters. The van der Waals surface area contributed by atoms with Gasteiger partial charge in [-0.2, -0.15) is 4.98 Å². The fourth-order valence-electron chi connectivity index (χ4n) is 3.58. The van der Waals surface area contributed by atoms with Gasteiger partial charge in [-0.05, 0) is 45.7 Å². The van der Waals surface area contributed by atoms with Gasteiger partial charge in [0.25, 0.3) is 0 Å². The van der Waals surface area contributed by atoms with Crippen molar-refractivity contribution in [2.75, 3.05) is 36.4 Å². The lowest BCUT2D eigenvalue weighted by Gasteiger charge is -2.34. The molecule has 1 N–H and O–H groups in total. The van der Waals surface area contributed by atoms with Crippen LogP contribution in [0.15, 0.2) is 36.4 Å². The van der Waals surface area contributed by atoms with Crippen molar-refractivity contribution in [1.29, 1.82) is 0 Å². The average molecular weight is 367 g/mol. The third kappa shape index (κ3) is 4.76. The first-order valence-corrected chi connectivity index (χ1v) is 9.82. The Hall–Kier alpha value is -2.63. The molecule has 1 aliphatic rings. The number of aromatic nitrogens is 2. The van der Waals surface area contributed by atoms with Crippen LogP contribution in [0.1, 0.15) is 32.4 Å². The van der Waals surface area contributed by atoms with Crippen LogP contribution in [-0.4, -0.2) is 47.0 Å². The summed E-state index contributed by atoms with van der Waals surface area (Å²) in [6, 6.07) is 11.9. The molecule has 0 radical (unpaired) electrons. The van der Waals surface area contributed by atoms with Crippen molar-refractivity contribution >= 4 is 23.4 Å². The third-order valence-corrected chi connectivity index (χ3v) is 5.02. The molecule has 1 saturated heterocycles. The summed E-state index contributed by atoms with van der Waals surface area (Å²) in [5, 5.41) is 3.34. The molecule has 144 valence electrons. The number of hydrogen-bond donors (Lipinski definition) is 1. The summed E-state index contributed by atoms with van der Waals surface area (Å²) >= 11 is 0. The molecule has 2 aromatic rings. The molecule has 3 rings (SSSR count). The fraction of sp³-hybridized carbons (Fsp3) is 0.476. The van der Waals surface area contributed by atoms with Gasteiger partial charge in [0.2, 0.25) is 11.9 Å². The van der Waals surface area contributed by atoms with Crippen molar-refractivity contribution in [3.05, 3.63) is 42.1 Å². The van der Waals surface area contributed by atoms with Crippen molar-refractivity contribution in [3.63, 3.8) is 0 Å². The zero-order valence-corrected chi connectivity index (χ0v) is 16.5. The zero-order valence-electron chi connectivity index (χ0n) is 16.5. The number of piperidine rings is 1. The molecule has 0 aliphatic carbocycles. The van der Waals surface area contributed by atoms with Gasteiger partial charge in [0.1, 0.15) is 5.82 Å².